The molecule has 0 aromatic carbocycles. The number of ether oxygens (including phenoxy) is 1. The fourth-order valence-electron chi connectivity index (χ4n) is 1.66. The minimum Gasteiger partial charge on any atom is -0.372 e. The van der Waals surface area contributed by atoms with Gasteiger partial charge in [-0.05, 0) is 27.3 Å². The number of hydrogen-bond donors (Lipinski definition) is 1. The first-order valence-corrected chi connectivity index (χ1v) is 6.84. The zero-order valence-electron chi connectivity index (χ0n) is 10.6. The molecule has 0 aliphatic heterocycles. The van der Waals surface area contributed by atoms with E-state index in [1.807, 2.05) is 6.92 Å². The van der Waals surface area contributed by atoms with Crippen LogP contribution in [0.5, 0.6) is 0 Å². The number of nitrogens with one attached hydrogen (secondary N) is 1. The molecule has 92 valence electrons. The van der Waals surface area contributed by atoms with Gasteiger partial charge in [0, 0.05) is 24.4 Å². The molecule has 0 amide bonds. The summed E-state index contributed by atoms with van der Waals surface area (Å²) in [6, 6.07) is 0.488. The fourth-order valence-corrected chi connectivity index (χ4v) is 2.49. The Balaban J connectivity index is 2.50. The van der Waals surface area contributed by atoms with Gasteiger partial charge in [-0.3, -0.25) is 0 Å². The number of nitrogens with zero attached hydrogens (tertiary/aromatic N) is 1. The van der Waals surface area contributed by atoms with E-state index < -0.39 is 0 Å². The molecular formula is C12H22N2OS. The number of hydrogen-bond acceptors (Lipinski definition) is 4. The van der Waals surface area contributed by atoms with Crippen LogP contribution in [0.2, 0.25) is 0 Å². The first-order chi connectivity index (χ1) is 7.67. The molecule has 1 heterocycles. The molecular weight excluding hydrogens is 220 g/mol. The number of likely N-dealkylation sites (N-methyl/N-ethyl adjacent to an activating group) is 1. The minimum absolute atomic E-state index is 0.123. The standard InChI is InChI=1S/C12H22N2OS/c1-5-13-9(3)7-11-8-16-12(14-11)10(4)15-6-2/h8-10,13H,5-7H2,1-4H3. The van der Waals surface area contributed by atoms with E-state index >= 15 is 0 Å². The molecule has 0 bridgehead atoms. The van der Waals surface area contributed by atoms with Gasteiger partial charge in [-0.25, -0.2) is 4.98 Å². The van der Waals surface area contributed by atoms with Crippen molar-refractivity contribution in [3.05, 3.63) is 16.1 Å². The molecule has 0 aliphatic rings. The zero-order chi connectivity index (χ0) is 12.0. The Morgan fingerprint density at radius 2 is 2.19 bits per heavy atom. The van der Waals surface area contributed by atoms with E-state index in [0.717, 1.165) is 24.6 Å². The van der Waals surface area contributed by atoms with Gasteiger partial charge in [0.15, 0.2) is 0 Å². The first-order valence-electron chi connectivity index (χ1n) is 5.96. The number of aromatic nitrogens is 1. The summed E-state index contributed by atoms with van der Waals surface area (Å²) >= 11 is 1.69. The molecule has 16 heavy (non-hydrogen) atoms. The van der Waals surface area contributed by atoms with E-state index in [1.165, 1.54) is 5.69 Å². The third-order valence-electron chi connectivity index (χ3n) is 2.40. The van der Waals surface area contributed by atoms with E-state index in [4.69, 9.17) is 4.74 Å². The Hall–Kier alpha value is -0.450. The van der Waals surface area contributed by atoms with Crippen molar-refractivity contribution in [2.24, 2.45) is 0 Å². The van der Waals surface area contributed by atoms with Gasteiger partial charge in [0.05, 0.1) is 5.69 Å². The highest BCUT2D eigenvalue weighted by atomic mass is 32.1. The topological polar surface area (TPSA) is 34.1 Å². The van der Waals surface area contributed by atoms with Crippen molar-refractivity contribution in [2.75, 3.05) is 13.2 Å². The van der Waals surface area contributed by atoms with E-state index in [9.17, 15) is 0 Å². The van der Waals surface area contributed by atoms with Crippen LogP contribution in [-0.4, -0.2) is 24.2 Å². The lowest BCUT2D eigenvalue weighted by atomic mass is 10.2. The van der Waals surface area contributed by atoms with E-state index in [-0.39, 0.29) is 6.10 Å². The summed E-state index contributed by atoms with van der Waals surface area (Å²) in [5.41, 5.74) is 1.17. The predicted molar refractivity (Wildman–Crippen MR) is 69.0 cm³/mol. The van der Waals surface area contributed by atoms with Crippen LogP contribution in [0.4, 0.5) is 0 Å². The highest BCUT2D eigenvalue weighted by Gasteiger charge is 2.11. The molecule has 1 rings (SSSR count). The molecule has 1 N–H and O–H groups in total. The maximum absolute atomic E-state index is 5.53. The molecule has 0 spiro atoms. The van der Waals surface area contributed by atoms with Gasteiger partial charge in [0.2, 0.25) is 0 Å². The molecule has 3 nitrogen and oxygen atoms in total. The Morgan fingerprint density at radius 1 is 1.44 bits per heavy atom. The van der Waals surface area contributed by atoms with Gasteiger partial charge in [-0.2, -0.15) is 0 Å². The third kappa shape index (κ3) is 4.20. The first kappa shape index (κ1) is 13.6. The summed E-state index contributed by atoms with van der Waals surface area (Å²) in [5.74, 6) is 0. The molecule has 1 aromatic rings. The second kappa shape index (κ2) is 6.99. The molecule has 1 aromatic heterocycles. The lowest BCUT2D eigenvalue weighted by Gasteiger charge is -2.10. The van der Waals surface area contributed by atoms with Crippen molar-refractivity contribution in [1.82, 2.24) is 10.3 Å². The SMILES string of the molecule is CCNC(C)Cc1csc(C(C)OCC)n1. The third-order valence-corrected chi connectivity index (χ3v) is 3.46. The monoisotopic (exact) mass is 242 g/mol. The van der Waals surface area contributed by atoms with Gasteiger partial charge in [0.25, 0.3) is 0 Å². The van der Waals surface area contributed by atoms with E-state index in [2.05, 4.69) is 36.5 Å². The van der Waals surface area contributed by atoms with Gasteiger partial charge >= 0.3 is 0 Å². The summed E-state index contributed by atoms with van der Waals surface area (Å²) in [7, 11) is 0. The van der Waals surface area contributed by atoms with Crippen LogP contribution in [0, 0.1) is 0 Å². The molecule has 0 fully saturated rings. The van der Waals surface area contributed by atoms with Crippen molar-refractivity contribution < 1.29 is 4.74 Å². The summed E-state index contributed by atoms with van der Waals surface area (Å²) in [6.07, 6.45) is 1.11. The summed E-state index contributed by atoms with van der Waals surface area (Å²) in [4.78, 5) is 4.60. The average molecular weight is 242 g/mol. The van der Waals surface area contributed by atoms with Crippen molar-refractivity contribution >= 4 is 11.3 Å². The lowest BCUT2D eigenvalue weighted by molar-refractivity contribution is 0.0761. The summed E-state index contributed by atoms with van der Waals surface area (Å²) in [5, 5.41) is 6.61. The highest BCUT2D eigenvalue weighted by Crippen LogP contribution is 2.21. The molecule has 4 heteroatoms. The molecule has 0 saturated carbocycles. The zero-order valence-corrected chi connectivity index (χ0v) is 11.4. The molecule has 0 saturated heterocycles. The maximum Gasteiger partial charge on any atom is 0.121 e. The van der Waals surface area contributed by atoms with Crippen LogP contribution in [0.1, 0.15) is 44.5 Å². The number of rotatable bonds is 7. The Labute approximate surface area is 102 Å². The van der Waals surface area contributed by atoms with Gasteiger partial charge in [-0.15, -0.1) is 11.3 Å². The van der Waals surface area contributed by atoms with Gasteiger partial charge < -0.3 is 10.1 Å². The Bertz CT molecular complexity index is 301. The normalized spacial score (nSPS) is 15.0. The Morgan fingerprint density at radius 3 is 2.81 bits per heavy atom. The lowest BCUT2D eigenvalue weighted by Crippen LogP contribution is -2.27. The van der Waals surface area contributed by atoms with Gasteiger partial charge in [-0.1, -0.05) is 6.92 Å². The van der Waals surface area contributed by atoms with Crippen LogP contribution in [0.3, 0.4) is 0 Å². The molecule has 0 aliphatic carbocycles. The van der Waals surface area contributed by atoms with E-state index in [1.54, 1.807) is 11.3 Å². The van der Waals surface area contributed by atoms with Crippen LogP contribution in [-0.2, 0) is 11.2 Å². The smallest absolute Gasteiger partial charge is 0.121 e. The quantitative estimate of drug-likeness (QED) is 0.798. The summed E-state index contributed by atoms with van der Waals surface area (Å²) in [6.45, 7) is 10.1. The van der Waals surface area contributed by atoms with Crippen LogP contribution in [0.15, 0.2) is 5.38 Å². The van der Waals surface area contributed by atoms with Crippen LogP contribution in [0.25, 0.3) is 0 Å². The average Bonchev–Trinajstić information content (AvgIpc) is 2.67. The largest absolute Gasteiger partial charge is 0.372 e. The molecule has 0 radical (unpaired) electrons. The summed E-state index contributed by atoms with van der Waals surface area (Å²) < 4.78 is 5.53. The Kier molecular flexibility index (Phi) is 5.95. The second-order valence-electron chi connectivity index (χ2n) is 3.94. The number of thiazole rings is 1. The highest BCUT2D eigenvalue weighted by molar-refractivity contribution is 7.09. The van der Waals surface area contributed by atoms with E-state index in [0.29, 0.717) is 6.04 Å². The van der Waals surface area contributed by atoms with Crippen molar-refractivity contribution in [2.45, 2.75) is 46.3 Å². The predicted octanol–water partition coefficient (Wildman–Crippen LogP) is 2.78. The second-order valence-corrected chi connectivity index (χ2v) is 4.83. The van der Waals surface area contributed by atoms with Crippen molar-refractivity contribution in [1.29, 1.82) is 0 Å². The van der Waals surface area contributed by atoms with Crippen LogP contribution >= 0.6 is 11.3 Å². The molecule has 2 atom stereocenters. The molecule has 2 unspecified atom stereocenters. The fraction of sp³-hybridized carbons (Fsp3) is 0.750. The van der Waals surface area contributed by atoms with Crippen molar-refractivity contribution in [3.8, 4) is 0 Å². The van der Waals surface area contributed by atoms with Gasteiger partial charge in [0.1, 0.15) is 11.1 Å². The minimum atomic E-state index is 0.123. The van der Waals surface area contributed by atoms with Crippen molar-refractivity contribution in [3.63, 3.8) is 0 Å². The van der Waals surface area contributed by atoms with Crippen LogP contribution < -0.4 is 5.32 Å². The maximum atomic E-state index is 5.53.